The average Bonchev–Trinajstić information content (AvgIpc) is 3.03. The number of sulfonamides is 1. The van der Waals surface area contributed by atoms with Crippen molar-refractivity contribution in [1.82, 2.24) is 4.72 Å². The van der Waals surface area contributed by atoms with Crippen LogP contribution in [0, 0.1) is 11.7 Å². The molecule has 0 bridgehead atoms. The normalized spacial score (nSPS) is 18.0. The summed E-state index contributed by atoms with van der Waals surface area (Å²) in [6, 6.07) is 15.6. The first-order chi connectivity index (χ1) is 11.5. The first kappa shape index (κ1) is 16.9. The quantitative estimate of drug-likeness (QED) is 0.873. The van der Waals surface area contributed by atoms with E-state index in [1.807, 2.05) is 30.3 Å². The summed E-state index contributed by atoms with van der Waals surface area (Å²) in [4.78, 5) is 2.16. The van der Waals surface area contributed by atoms with Gasteiger partial charge in [0.25, 0.3) is 0 Å². The van der Waals surface area contributed by atoms with E-state index in [0.717, 1.165) is 30.8 Å². The van der Waals surface area contributed by atoms with Gasteiger partial charge in [0.1, 0.15) is 5.82 Å². The van der Waals surface area contributed by atoms with Gasteiger partial charge in [0.15, 0.2) is 0 Å². The Labute approximate surface area is 142 Å². The van der Waals surface area contributed by atoms with Crippen molar-refractivity contribution in [2.45, 2.75) is 12.2 Å². The first-order valence-electron chi connectivity index (χ1n) is 8.04. The molecular weight excluding hydrogens is 327 g/mol. The second-order valence-corrected chi connectivity index (χ2v) is 7.98. The summed E-state index contributed by atoms with van der Waals surface area (Å²) in [5, 5.41) is 0. The van der Waals surface area contributed by atoms with Gasteiger partial charge in [-0.25, -0.2) is 17.5 Å². The predicted molar refractivity (Wildman–Crippen MR) is 93.8 cm³/mol. The fourth-order valence-corrected chi connectivity index (χ4v) is 4.20. The van der Waals surface area contributed by atoms with Crippen molar-refractivity contribution in [1.29, 1.82) is 0 Å². The highest BCUT2D eigenvalue weighted by Gasteiger charge is 2.24. The Bertz CT molecular complexity index is 763. The third-order valence-corrected chi connectivity index (χ3v) is 5.59. The summed E-state index contributed by atoms with van der Waals surface area (Å²) in [6.07, 6.45) is 0.922. The van der Waals surface area contributed by atoms with Crippen LogP contribution in [-0.4, -0.2) is 28.1 Å². The number of hydrogen-bond acceptors (Lipinski definition) is 3. The lowest BCUT2D eigenvalue weighted by atomic mass is 10.1. The van der Waals surface area contributed by atoms with Crippen LogP contribution in [0.15, 0.2) is 54.6 Å². The molecule has 0 radical (unpaired) electrons. The van der Waals surface area contributed by atoms with Crippen LogP contribution < -0.4 is 9.62 Å². The van der Waals surface area contributed by atoms with Crippen molar-refractivity contribution in [3.8, 4) is 0 Å². The van der Waals surface area contributed by atoms with Crippen LogP contribution in [0.25, 0.3) is 0 Å². The second-order valence-electron chi connectivity index (χ2n) is 6.17. The molecule has 0 saturated carbocycles. The van der Waals surface area contributed by atoms with Crippen LogP contribution in [0.4, 0.5) is 10.1 Å². The smallest absolute Gasteiger partial charge is 0.215 e. The maximum absolute atomic E-state index is 13.0. The Hall–Kier alpha value is -1.92. The number of nitrogens with zero attached hydrogens (tertiary/aromatic N) is 1. The van der Waals surface area contributed by atoms with E-state index >= 15 is 0 Å². The number of rotatable bonds is 6. The minimum atomic E-state index is -3.33. The molecule has 0 aromatic heterocycles. The van der Waals surface area contributed by atoms with Gasteiger partial charge in [0.2, 0.25) is 10.0 Å². The minimum absolute atomic E-state index is 0.00222. The molecule has 3 rings (SSSR count). The molecule has 1 saturated heterocycles. The highest BCUT2D eigenvalue weighted by atomic mass is 32.2. The monoisotopic (exact) mass is 348 g/mol. The molecule has 1 atom stereocenters. The van der Waals surface area contributed by atoms with E-state index in [1.54, 1.807) is 12.1 Å². The summed E-state index contributed by atoms with van der Waals surface area (Å²) in [5.41, 5.74) is 1.76. The van der Waals surface area contributed by atoms with E-state index in [2.05, 4.69) is 9.62 Å². The van der Waals surface area contributed by atoms with E-state index in [4.69, 9.17) is 0 Å². The van der Waals surface area contributed by atoms with Gasteiger partial charge in [-0.05, 0) is 42.2 Å². The summed E-state index contributed by atoms with van der Waals surface area (Å²) < 4.78 is 40.1. The third-order valence-electron chi connectivity index (χ3n) is 4.27. The zero-order valence-corrected chi connectivity index (χ0v) is 14.2. The molecule has 6 heteroatoms. The van der Waals surface area contributed by atoms with Gasteiger partial charge in [-0.1, -0.05) is 30.3 Å². The molecule has 1 aliphatic rings. The van der Waals surface area contributed by atoms with Crippen LogP contribution in [0.1, 0.15) is 12.0 Å². The lowest BCUT2D eigenvalue weighted by Crippen LogP contribution is -2.31. The number of nitrogens with one attached hydrogen (secondary N) is 1. The summed E-state index contributed by atoms with van der Waals surface area (Å²) in [6.45, 7) is 2.07. The van der Waals surface area contributed by atoms with E-state index in [1.165, 1.54) is 12.1 Å². The number of anilines is 1. The fraction of sp³-hybridized carbons (Fsp3) is 0.333. The van der Waals surface area contributed by atoms with Gasteiger partial charge >= 0.3 is 0 Å². The van der Waals surface area contributed by atoms with Crippen LogP contribution >= 0.6 is 0 Å². The van der Waals surface area contributed by atoms with Crippen molar-refractivity contribution in [2.75, 3.05) is 24.5 Å². The van der Waals surface area contributed by atoms with Gasteiger partial charge in [-0.15, -0.1) is 0 Å². The Morgan fingerprint density at radius 3 is 2.50 bits per heavy atom. The van der Waals surface area contributed by atoms with Crippen LogP contribution in [-0.2, 0) is 15.8 Å². The molecule has 1 N–H and O–H groups in total. The highest BCUT2D eigenvalue weighted by Crippen LogP contribution is 2.23. The summed E-state index contributed by atoms with van der Waals surface area (Å²) in [5.74, 6) is 0.0196. The van der Waals surface area contributed by atoms with Crippen molar-refractivity contribution in [3.63, 3.8) is 0 Å². The maximum atomic E-state index is 13.0. The zero-order chi connectivity index (χ0) is 17.0. The molecule has 1 fully saturated rings. The molecule has 0 spiro atoms. The van der Waals surface area contributed by atoms with Gasteiger partial charge in [-0.3, -0.25) is 0 Å². The lowest BCUT2D eigenvalue weighted by molar-refractivity contribution is 0.541. The molecule has 128 valence electrons. The molecule has 24 heavy (non-hydrogen) atoms. The van der Waals surface area contributed by atoms with Gasteiger partial charge in [-0.2, -0.15) is 0 Å². The molecule has 0 amide bonds. The molecular formula is C18H21FN2O2S. The largest absolute Gasteiger partial charge is 0.371 e. The first-order valence-corrected chi connectivity index (χ1v) is 9.69. The fourth-order valence-electron chi connectivity index (χ4n) is 2.98. The highest BCUT2D eigenvalue weighted by molar-refractivity contribution is 7.88. The van der Waals surface area contributed by atoms with Crippen molar-refractivity contribution >= 4 is 15.7 Å². The molecule has 1 unspecified atom stereocenters. The third kappa shape index (κ3) is 4.55. The number of benzene rings is 2. The number of halogens is 1. The van der Waals surface area contributed by atoms with Crippen molar-refractivity contribution in [2.24, 2.45) is 5.92 Å². The van der Waals surface area contributed by atoms with Gasteiger partial charge < -0.3 is 4.90 Å². The zero-order valence-electron chi connectivity index (χ0n) is 13.4. The van der Waals surface area contributed by atoms with E-state index < -0.39 is 10.0 Å². The van der Waals surface area contributed by atoms with E-state index in [9.17, 15) is 12.8 Å². The topological polar surface area (TPSA) is 49.4 Å². The van der Waals surface area contributed by atoms with Crippen LogP contribution in [0.5, 0.6) is 0 Å². The maximum Gasteiger partial charge on any atom is 0.215 e. The van der Waals surface area contributed by atoms with Gasteiger partial charge in [0, 0.05) is 25.3 Å². The van der Waals surface area contributed by atoms with Crippen LogP contribution in [0.2, 0.25) is 0 Å². The van der Waals surface area contributed by atoms with Crippen molar-refractivity contribution in [3.05, 3.63) is 66.0 Å². The standard InChI is InChI=1S/C18H21FN2O2S/c19-17-6-8-18(9-7-17)21-11-10-16(13-21)12-20-24(22,23)14-15-4-2-1-3-5-15/h1-9,16,20H,10-14H2. The predicted octanol–water partition coefficient (Wildman–Crippen LogP) is 2.77. The minimum Gasteiger partial charge on any atom is -0.371 e. The number of hydrogen-bond donors (Lipinski definition) is 1. The Kier molecular flexibility index (Phi) is 5.16. The van der Waals surface area contributed by atoms with E-state index in [-0.39, 0.29) is 17.5 Å². The van der Waals surface area contributed by atoms with E-state index in [0.29, 0.717) is 6.54 Å². The Morgan fingerprint density at radius 2 is 1.79 bits per heavy atom. The molecule has 1 aliphatic heterocycles. The Morgan fingerprint density at radius 1 is 1.08 bits per heavy atom. The van der Waals surface area contributed by atoms with Crippen molar-refractivity contribution < 1.29 is 12.8 Å². The molecule has 4 nitrogen and oxygen atoms in total. The summed E-state index contributed by atoms with van der Waals surface area (Å²) in [7, 11) is -3.33. The SMILES string of the molecule is O=S(=O)(Cc1ccccc1)NCC1CCN(c2ccc(F)cc2)C1. The molecule has 1 heterocycles. The molecule has 2 aromatic rings. The van der Waals surface area contributed by atoms with Crippen LogP contribution in [0.3, 0.4) is 0 Å². The average molecular weight is 348 g/mol. The Balaban J connectivity index is 1.51. The molecule has 2 aromatic carbocycles. The molecule has 0 aliphatic carbocycles. The second kappa shape index (κ2) is 7.32. The van der Waals surface area contributed by atoms with Gasteiger partial charge in [0.05, 0.1) is 5.75 Å². The summed E-state index contributed by atoms with van der Waals surface area (Å²) >= 11 is 0. The lowest BCUT2D eigenvalue weighted by Gasteiger charge is -2.18.